The zero-order chi connectivity index (χ0) is 13.7. The van der Waals surface area contributed by atoms with Gasteiger partial charge in [-0.15, -0.1) is 0 Å². The molecule has 1 fully saturated rings. The third-order valence-corrected chi connectivity index (χ3v) is 3.05. The standard InChI is InChI=1S/C14H19N3O2/c1-2-7-15-12-6-4-3-5-11(12)14(19)17-10-8-13(18)16-9-10/h3-6,10,15H,2,7-9H2,1H3,(H,16,18)(H,17,19). The van der Waals surface area contributed by atoms with Crippen molar-refractivity contribution in [2.24, 2.45) is 0 Å². The average Bonchev–Trinajstić information content (AvgIpc) is 2.82. The highest BCUT2D eigenvalue weighted by Crippen LogP contribution is 2.15. The van der Waals surface area contributed by atoms with Crippen molar-refractivity contribution in [1.82, 2.24) is 10.6 Å². The molecule has 3 N–H and O–H groups in total. The maximum absolute atomic E-state index is 12.2. The molecule has 1 aromatic carbocycles. The zero-order valence-electron chi connectivity index (χ0n) is 11.0. The summed E-state index contributed by atoms with van der Waals surface area (Å²) < 4.78 is 0. The lowest BCUT2D eigenvalue weighted by Crippen LogP contribution is -2.36. The molecule has 0 saturated carbocycles. The lowest BCUT2D eigenvalue weighted by atomic mass is 10.1. The molecule has 1 unspecified atom stereocenters. The van der Waals surface area contributed by atoms with Crippen molar-refractivity contribution >= 4 is 17.5 Å². The molecule has 0 spiro atoms. The van der Waals surface area contributed by atoms with Gasteiger partial charge in [0.1, 0.15) is 0 Å². The van der Waals surface area contributed by atoms with Gasteiger partial charge in [0.05, 0.1) is 11.6 Å². The molecule has 5 heteroatoms. The van der Waals surface area contributed by atoms with Gasteiger partial charge in [-0.3, -0.25) is 9.59 Å². The van der Waals surface area contributed by atoms with Crippen molar-refractivity contribution in [1.29, 1.82) is 0 Å². The van der Waals surface area contributed by atoms with Gasteiger partial charge in [-0.2, -0.15) is 0 Å². The molecule has 1 aromatic rings. The topological polar surface area (TPSA) is 70.2 Å². The molecule has 1 aliphatic heterocycles. The van der Waals surface area contributed by atoms with Crippen LogP contribution in [0.1, 0.15) is 30.1 Å². The van der Waals surface area contributed by atoms with Gasteiger partial charge in [-0.1, -0.05) is 19.1 Å². The molecule has 1 saturated heterocycles. The monoisotopic (exact) mass is 261 g/mol. The fraction of sp³-hybridized carbons (Fsp3) is 0.429. The fourth-order valence-corrected chi connectivity index (χ4v) is 2.07. The minimum atomic E-state index is -0.138. The highest BCUT2D eigenvalue weighted by atomic mass is 16.2. The highest BCUT2D eigenvalue weighted by Gasteiger charge is 2.23. The molecule has 102 valence electrons. The van der Waals surface area contributed by atoms with Crippen molar-refractivity contribution in [2.45, 2.75) is 25.8 Å². The molecular formula is C14H19N3O2. The van der Waals surface area contributed by atoms with Gasteiger partial charge in [-0.05, 0) is 18.6 Å². The van der Waals surface area contributed by atoms with E-state index in [1.807, 2.05) is 18.2 Å². The first-order chi connectivity index (χ1) is 9.20. The van der Waals surface area contributed by atoms with E-state index in [4.69, 9.17) is 0 Å². The molecule has 19 heavy (non-hydrogen) atoms. The number of carbonyl (C=O) groups is 2. The number of hydrogen-bond donors (Lipinski definition) is 3. The SMILES string of the molecule is CCCNc1ccccc1C(=O)NC1CNC(=O)C1. The van der Waals surface area contributed by atoms with Gasteiger partial charge in [0.15, 0.2) is 0 Å². The number of nitrogens with one attached hydrogen (secondary N) is 3. The summed E-state index contributed by atoms with van der Waals surface area (Å²) in [6, 6.07) is 7.30. The smallest absolute Gasteiger partial charge is 0.253 e. The van der Waals surface area contributed by atoms with Crippen LogP contribution in [0, 0.1) is 0 Å². The van der Waals surface area contributed by atoms with E-state index in [0.29, 0.717) is 18.5 Å². The van der Waals surface area contributed by atoms with E-state index in [1.165, 1.54) is 0 Å². The van der Waals surface area contributed by atoms with Gasteiger partial charge in [0, 0.05) is 25.2 Å². The molecule has 2 rings (SSSR count). The van der Waals surface area contributed by atoms with Crippen LogP contribution in [0.2, 0.25) is 0 Å². The minimum absolute atomic E-state index is 0.0114. The third-order valence-electron chi connectivity index (χ3n) is 3.05. The third kappa shape index (κ3) is 3.47. The van der Waals surface area contributed by atoms with Crippen LogP contribution < -0.4 is 16.0 Å². The van der Waals surface area contributed by atoms with Gasteiger partial charge >= 0.3 is 0 Å². The fourth-order valence-electron chi connectivity index (χ4n) is 2.07. The van der Waals surface area contributed by atoms with Crippen LogP contribution in [0.25, 0.3) is 0 Å². The number of amides is 2. The van der Waals surface area contributed by atoms with Crippen molar-refractivity contribution in [3.8, 4) is 0 Å². The predicted octanol–water partition coefficient (Wildman–Crippen LogP) is 1.13. The Morgan fingerprint density at radius 2 is 2.21 bits per heavy atom. The van der Waals surface area contributed by atoms with Crippen LogP contribution in [0.3, 0.4) is 0 Å². The summed E-state index contributed by atoms with van der Waals surface area (Å²) in [4.78, 5) is 23.3. The Hall–Kier alpha value is -2.04. The van der Waals surface area contributed by atoms with Gasteiger partial charge < -0.3 is 16.0 Å². The second-order valence-electron chi connectivity index (χ2n) is 4.65. The van der Waals surface area contributed by atoms with Crippen LogP contribution in [-0.4, -0.2) is 30.9 Å². The number of carbonyl (C=O) groups excluding carboxylic acids is 2. The lowest BCUT2D eigenvalue weighted by molar-refractivity contribution is -0.119. The first-order valence-corrected chi connectivity index (χ1v) is 6.61. The minimum Gasteiger partial charge on any atom is -0.384 e. The molecule has 0 bridgehead atoms. The molecular weight excluding hydrogens is 242 g/mol. The summed E-state index contributed by atoms with van der Waals surface area (Å²) in [7, 11) is 0. The molecule has 0 radical (unpaired) electrons. The van der Waals surface area contributed by atoms with E-state index in [-0.39, 0.29) is 17.9 Å². The first kappa shape index (κ1) is 13.4. The van der Waals surface area contributed by atoms with Crippen molar-refractivity contribution < 1.29 is 9.59 Å². The van der Waals surface area contributed by atoms with E-state index in [0.717, 1.165) is 18.7 Å². The van der Waals surface area contributed by atoms with Gasteiger partial charge in [0.25, 0.3) is 5.91 Å². The van der Waals surface area contributed by atoms with Gasteiger partial charge in [-0.25, -0.2) is 0 Å². The van der Waals surface area contributed by atoms with Crippen LogP contribution in [0.15, 0.2) is 24.3 Å². The second-order valence-corrected chi connectivity index (χ2v) is 4.65. The molecule has 1 heterocycles. The quantitative estimate of drug-likeness (QED) is 0.744. The van der Waals surface area contributed by atoms with E-state index >= 15 is 0 Å². The van der Waals surface area contributed by atoms with Crippen LogP contribution >= 0.6 is 0 Å². The Bertz CT molecular complexity index is 474. The number of benzene rings is 1. The zero-order valence-corrected chi connectivity index (χ0v) is 11.0. The summed E-state index contributed by atoms with van der Waals surface area (Å²) in [5.41, 5.74) is 1.45. The Balaban J connectivity index is 2.03. The van der Waals surface area contributed by atoms with Crippen LogP contribution in [-0.2, 0) is 4.79 Å². The molecule has 0 aromatic heterocycles. The number of anilines is 1. The molecule has 1 atom stereocenters. The van der Waals surface area contributed by atoms with Crippen LogP contribution in [0.4, 0.5) is 5.69 Å². The Morgan fingerprint density at radius 1 is 1.42 bits per heavy atom. The van der Waals surface area contributed by atoms with E-state index in [2.05, 4.69) is 22.9 Å². The molecule has 2 amide bonds. The van der Waals surface area contributed by atoms with E-state index in [9.17, 15) is 9.59 Å². The van der Waals surface area contributed by atoms with Crippen molar-refractivity contribution in [2.75, 3.05) is 18.4 Å². The summed E-state index contributed by atoms with van der Waals surface area (Å²) in [5.74, 6) is -0.150. The number of para-hydroxylation sites is 1. The maximum Gasteiger partial charge on any atom is 0.253 e. The van der Waals surface area contributed by atoms with Crippen molar-refractivity contribution in [3.63, 3.8) is 0 Å². The van der Waals surface area contributed by atoms with Crippen LogP contribution in [0.5, 0.6) is 0 Å². The molecule has 5 nitrogen and oxygen atoms in total. The molecule has 1 aliphatic rings. The summed E-state index contributed by atoms with van der Waals surface area (Å²) in [6.45, 7) is 3.41. The van der Waals surface area contributed by atoms with E-state index < -0.39 is 0 Å². The number of hydrogen-bond acceptors (Lipinski definition) is 3. The van der Waals surface area contributed by atoms with E-state index in [1.54, 1.807) is 6.07 Å². The Labute approximate surface area is 112 Å². The Kier molecular flexibility index (Phi) is 4.39. The normalized spacial score (nSPS) is 17.9. The predicted molar refractivity (Wildman–Crippen MR) is 74.1 cm³/mol. The van der Waals surface area contributed by atoms with Gasteiger partial charge in [0.2, 0.25) is 5.91 Å². The molecule has 0 aliphatic carbocycles. The highest BCUT2D eigenvalue weighted by molar-refractivity contribution is 6.00. The summed E-state index contributed by atoms with van der Waals surface area (Å²) >= 11 is 0. The lowest BCUT2D eigenvalue weighted by Gasteiger charge is -2.14. The average molecular weight is 261 g/mol. The maximum atomic E-state index is 12.2. The number of rotatable bonds is 5. The van der Waals surface area contributed by atoms with Crippen molar-refractivity contribution in [3.05, 3.63) is 29.8 Å². The largest absolute Gasteiger partial charge is 0.384 e. The second kappa shape index (κ2) is 6.22. The summed E-state index contributed by atoms with van der Waals surface area (Å²) in [6.07, 6.45) is 1.35. The first-order valence-electron chi connectivity index (χ1n) is 6.61. The Morgan fingerprint density at radius 3 is 2.89 bits per heavy atom. The summed E-state index contributed by atoms with van der Waals surface area (Å²) in [5, 5.41) is 8.82.